The monoisotopic (exact) mass is 364 g/mol. The summed E-state index contributed by atoms with van der Waals surface area (Å²) in [5, 5.41) is 1.03. The van der Waals surface area contributed by atoms with Gasteiger partial charge in [0.2, 0.25) is 0 Å². The number of nitrogens with zero attached hydrogens (tertiary/aromatic N) is 1. The van der Waals surface area contributed by atoms with Gasteiger partial charge in [-0.3, -0.25) is 0 Å². The fraction of sp³-hybridized carbons (Fsp3) is 0.235. The van der Waals surface area contributed by atoms with Crippen molar-refractivity contribution in [2.45, 2.75) is 27.7 Å². The van der Waals surface area contributed by atoms with Gasteiger partial charge in [-0.15, -0.1) is 11.3 Å². The summed E-state index contributed by atoms with van der Waals surface area (Å²) in [6.45, 7) is 8.00. The van der Waals surface area contributed by atoms with E-state index >= 15 is 0 Å². The number of fused-ring (bicyclic) bond motifs is 1. The van der Waals surface area contributed by atoms with Crippen LogP contribution in [0.25, 0.3) is 20.8 Å². The highest BCUT2D eigenvalue weighted by Gasteiger charge is 2.06. The lowest BCUT2D eigenvalue weighted by molar-refractivity contribution is 1.47. The molecule has 0 saturated heterocycles. The van der Waals surface area contributed by atoms with E-state index in [0.717, 1.165) is 26.2 Å². The summed E-state index contributed by atoms with van der Waals surface area (Å²) >= 11 is 5.16. The Labute approximate surface area is 139 Å². The van der Waals surface area contributed by atoms with Gasteiger partial charge < -0.3 is 5.73 Å². The molecule has 0 fully saturated rings. The van der Waals surface area contributed by atoms with Crippen LogP contribution < -0.4 is 5.73 Å². The smallest absolute Gasteiger partial charge is 0.124 e. The molecule has 0 aliphatic rings. The summed E-state index contributed by atoms with van der Waals surface area (Å²) in [6, 6.07) is 13.9. The molecule has 1 aromatic heterocycles. The first-order valence-electron chi connectivity index (χ1n) is 7.14. The molecule has 2 aromatic carbocycles. The number of benzene rings is 2. The number of hydrogen-bond donors (Lipinski definition) is 1. The molecule has 2 N–H and O–H groups in total. The number of aromatic nitrogens is 1. The lowest BCUT2D eigenvalue weighted by atomic mass is 10.2. The first-order chi connectivity index (χ1) is 10.2. The van der Waals surface area contributed by atoms with Gasteiger partial charge in [0.25, 0.3) is 0 Å². The quantitative estimate of drug-likeness (QED) is 0.510. The van der Waals surface area contributed by atoms with Gasteiger partial charge in [0.15, 0.2) is 0 Å². The van der Waals surface area contributed by atoms with Crippen LogP contribution in [-0.2, 0) is 0 Å². The highest BCUT2D eigenvalue weighted by atomic mass is 79.9. The van der Waals surface area contributed by atoms with Crippen LogP contribution in [0.5, 0.6) is 0 Å². The standard InChI is InChI=1S/C13H9BrN2S.2C2H6/c14-9-3-6-11-12(7-9)17-13(16-11)8-1-4-10(15)5-2-8;2*1-2/h1-7H,15H2;2*1-2H3. The molecule has 0 atom stereocenters. The van der Waals surface area contributed by atoms with Gasteiger partial charge in [0.1, 0.15) is 5.01 Å². The van der Waals surface area contributed by atoms with Gasteiger partial charge in [0, 0.05) is 15.7 Å². The minimum Gasteiger partial charge on any atom is -0.399 e. The van der Waals surface area contributed by atoms with Gasteiger partial charge >= 0.3 is 0 Å². The molecule has 4 heteroatoms. The maximum absolute atomic E-state index is 5.68. The minimum absolute atomic E-state index is 0.776. The predicted octanol–water partition coefficient (Wildman–Crippen LogP) is 6.36. The van der Waals surface area contributed by atoms with Crippen molar-refractivity contribution in [1.29, 1.82) is 0 Å². The second-order valence-electron chi connectivity index (χ2n) is 3.75. The highest BCUT2D eigenvalue weighted by Crippen LogP contribution is 2.31. The van der Waals surface area contributed by atoms with Crippen LogP contribution in [0.2, 0.25) is 0 Å². The third kappa shape index (κ3) is 4.55. The van der Waals surface area contributed by atoms with Gasteiger partial charge in [0.05, 0.1) is 10.2 Å². The summed E-state index contributed by atoms with van der Waals surface area (Å²) < 4.78 is 2.27. The molecule has 2 nitrogen and oxygen atoms in total. The average Bonchev–Trinajstić information content (AvgIpc) is 2.95. The molecule has 112 valence electrons. The number of thiazole rings is 1. The molecular formula is C17H21BrN2S. The molecule has 0 aliphatic carbocycles. The number of anilines is 1. The fourth-order valence-corrected chi connectivity index (χ4v) is 3.17. The molecule has 0 unspecified atom stereocenters. The van der Waals surface area contributed by atoms with E-state index in [1.807, 2.05) is 64.1 Å². The van der Waals surface area contributed by atoms with E-state index in [0.29, 0.717) is 0 Å². The van der Waals surface area contributed by atoms with Crippen molar-refractivity contribution in [2.24, 2.45) is 0 Å². The number of rotatable bonds is 1. The SMILES string of the molecule is CC.CC.Nc1ccc(-c2nc3ccc(Br)cc3s2)cc1. The summed E-state index contributed by atoms with van der Waals surface area (Å²) in [5.41, 5.74) is 8.59. The molecule has 3 aromatic rings. The van der Waals surface area contributed by atoms with E-state index in [1.165, 1.54) is 4.70 Å². The molecule has 0 bridgehead atoms. The molecule has 0 aliphatic heterocycles. The van der Waals surface area contributed by atoms with Gasteiger partial charge in [-0.05, 0) is 42.5 Å². The zero-order valence-electron chi connectivity index (χ0n) is 12.9. The third-order valence-electron chi connectivity index (χ3n) is 2.51. The van der Waals surface area contributed by atoms with Crippen molar-refractivity contribution >= 4 is 43.2 Å². The lowest BCUT2D eigenvalue weighted by Gasteiger charge is -1.95. The number of nitrogen functional groups attached to an aromatic ring is 1. The third-order valence-corrected chi connectivity index (χ3v) is 4.07. The van der Waals surface area contributed by atoms with Crippen LogP contribution in [0.3, 0.4) is 0 Å². The maximum atomic E-state index is 5.68. The summed E-state index contributed by atoms with van der Waals surface area (Å²) in [7, 11) is 0. The van der Waals surface area contributed by atoms with E-state index in [-0.39, 0.29) is 0 Å². The number of halogens is 1. The van der Waals surface area contributed by atoms with Crippen molar-refractivity contribution in [3.8, 4) is 10.6 Å². The summed E-state index contributed by atoms with van der Waals surface area (Å²) in [4.78, 5) is 4.61. The number of hydrogen-bond acceptors (Lipinski definition) is 3. The topological polar surface area (TPSA) is 38.9 Å². The van der Waals surface area contributed by atoms with E-state index < -0.39 is 0 Å². The molecule has 1 heterocycles. The van der Waals surface area contributed by atoms with Crippen LogP contribution in [0.15, 0.2) is 46.9 Å². The van der Waals surface area contributed by atoms with Crippen molar-refractivity contribution in [2.75, 3.05) is 5.73 Å². The van der Waals surface area contributed by atoms with E-state index in [4.69, 9.17) is 5.73 Å². The van der Waals surface area contributed by atoms with Crippen molar-refractivity contribution in [1.82, 2.24) is 4.98 Å². The maximum Gasteiger partial charge on any atom is 0.124 e. The number of nitrogens with two attached hydrogens (primary N) is 1. The van der Waals surface area contributed by atoms with Crippen LogP contribution in [-0.4, -0.2) is 4.98 Å². The van der Waals surface area contributed by atoms with Crippen molar-refractivity contribution in [3.05, 3.63) is 46.9 Å². The summed E-state index contributed by atoms with van der Waals surface area (Å²) in [5.74, 6) is 0. The lowest BCUT2D eigenvalue weighted by Crippen LogP contribution is -1.83. The first kappa shape index (κ1) is 17.7. The molecule has 0 saturated carbocycles. The Morgan fingerprint density at radius 3 is 2.19 bits per heavy atom. The zero-order valence-corrected chi connectivity index (χ0v) is 15.3. The largest absolute Gasteiger partial charge is 0.399 e. The first-order valence-corrected chi connectivity index (χ1v) is 8.75. The van der Waals surface area contributed by atoms with Crippen molar-refractivity contribution in [3.63, 3.8) is 0 Å². The molecule has 0 spiro atoms. The van der Waals surface area contributed by atoms with Crippen molar-refractivity contribution < 1.29 is 0 Å². The Balaban J connectivity index is 0.000000510. The Kier molecular flexibility index (Phi) is 7.40. The average molecular weight is 365 g/mol. The van der Waals surface area contributed by atoms with E-state index in [9.17, 15) is 0 Å². The van der Waals surface area contributed by atoms with Gasteiger partial charge in [-0.25, -0.2) is 4.98 Å². The van der Waals surface area contributed by atoms with Crippen LogP contribution in [0, 0.1) is 0 Å². The molecule has 0 radical (unpaired) electrons. The molecular weight excluding hydrogens is 344 g/mol. The summed E-state index contributed by atoms with van der Waals surface area (Å²) in [6.07, 6.45) is 0. The fourth-order valence-electron chi connectivity index (χ4n) is 1.65. The second-order valence-corrected chi connectivity index (χ2v) is 5.70. The minimum atomic E-state index is 0.776. The highest BCUT2D eigenvalue weighted by molar-refractivity contribution is 9.10. The molecule has 21 heavy (non-hydrogen) atoms. The predicted molar refractivity (Wildman–Crippen MR) is 99.9 cm³/mol. The van der Waals surface area contributed by atoms with Crippen LogP contribution >= 0.6 is 27.3 Å². The Morgan fingerprint density at radius 2 is 1.57 bits per heavy atom. The van der Waals surface area contributed by atoms with Gasteiger partial charge in [-0.1, -0.05) is 43.6 Å². The van der Waals surface area contributed by atoms with Crippen LogP contribution in [0.4, 0.5) is 5.69 Å². The van der Waals surface area contributed by atoms with E-state index in [2.05, 4.69) is 27.0 Å². The normalized spacial score (nSPS) is 9.38. The van der Waals surface area contributed by atoms with Crippen LogP contribution in [0.1, 0.15) is 27.7 Å². The molecule has 3 rings (SSSR count). The van der Waals surface area contributed by atoms with Gasteiger partial charge in [-0.2, -0.15) is 0 Å². The van der Waals surface area contributed by atoms with E-state index in [1.54, 1.807) is 11.3 Å². The molecule has 0 amide bonds. The Bertz CT molecular complexity index is 675. The Morgan fingerprint density at radius 1 is 0.952 bits per heavy atom. The Hall–Kier alpha value is -1.39. The second kappa shape index (κ2) is 8.80. The zero-order chi connectivity index (χ0) is 15.8.